The lowest BCUT2D eigenvalue weighted by Crippen LogP contribution is -2.12. The summed E-state index contributed by atoms with van der Waals surface area (Å²) in [6.45, 7) is 5.42. The molecule has 9 nitrogen and oxygen atoms in total. The van der Waals surface area contributed by atoms with Gasteiger partial charge in [-0.2, -0.15) is 0 Å². The Morgan fingerprint density at radius 3 is 2.49 bits per heavy atom. The molecule has 2 heterocycles. The van der Waals surface area contributed by atoms with Crippen LogP contribution in [0.2, 0.25) is 0 Å². The van der Waals surface area contributed by atoms with Crippen LogP contribution >= 0.6 is 11.3 Å². The minimum Gasteiger partial charge on any atom is -0.497 e. The Morgan fingerprint density at radius 2 is 1.80 bits per heavy atom. The second-order valence-electron chi connectivity index (χ2n) is 7.42. The van der Waals surface area contributed by atoms with Gasteiger partial charge in [-0.05, 0) is 24.6 Å². The Balaban J connectivity index is 1.65. The topological polar surface area (TPSA) is 114 Å². The van der Waals surface area contributed by atoms with E-state index in [4.69, 9.17) is 9.47 Å². The number of benzene rings is 2. The molecule has 0 radical (unpaired) electrons. The molecule has 178 valence electrons. The van der Waals surface area contributed by atoms with E-state index in [-0.39, 0.29) is 11.8 Å². The minimum absolute atomic E-state index is 0.323. The van der Waals surface area contributed by atoms with E-state index < -0.39 is 0 Å². The lowest BCUT2D eigenvalue weighted by molar-refractivity contribution is -0.111. The molecule has 4 rings (SSSR count). The van der Waals surface area contributed by atoms with Crippen molar-refractivity contribution in [2.75, 3.05) is 30.2 Å². The summed E-state index contributed by atoms with van der Waals surface area (Å²) in [5, 5.41) is 10.7. The van der Waals surface area contributed by atoms with E-state index in [9.17, 15) is 9.59 Å². The number of nitrogens with one attached hydrogen (secondary N) is 3. The number of amides is 2. The third-order valence-corrected chi connectivity index (χ3v) is 6.14. The lowest BCUT2D eigenvalue weighted by atomic mass is 10.1. The first-order chi connectivity index (χ1) is 16.9. The summed E-state index contributed by atoms with van der Waals surface area (Å²) in [7, 11) is 3.09. The standard InChI is InChI=1S/C25H23N5O4S/c1-5-20(31)29-19-8-6-7-14(2)21(19)30-24-23-22(26-13-27-24)18(12-35-23)25(32)28-15-9-16(33-3)11-17(10-15)34-4/h5-13H,1H2,2-4H3,(H,28,32)(H,29,31)(H,26,27,30). The molecule has 0 unspecified atom stereocenters. The van der Waals surface area contributed by atoms with Crippen molar-refractivity contribution in [3.8, 4) is 11.5 Å². The van der Waals surface area contributed by atoms with E-state index in [0.717, 1.165) is 5.56 Å². The van der Waals surface area contributed by atoms with Gasteiger partial charge < -0.3 is 25.4 Å². The molecule has 0 saturated carbocycles. The van der Waals surface area contributed by atoms with Crippen LogP contribution in [0.5, 0.6) is 11.5 Å². The Morgan fingerprint density at radius 1 is 1.06 bits per heavy atom. The number of nitrogens with zero attached hydrogens (tertiary/aromatic N) is 2. The van der Waals surface area contributed by atoms with Crippen molar-refractivity contribution < 1.29 is 19.1 Å². The number of aryl methyl sites for hydroxylation is 1. The third kappa shape index (κ3) is 5.07. The zero-order valence-corrected chi connectivity index (χ0v) is 20.2. The molecule has 0 aliphatic rings. The quantitative estimate of drug-likeness (QED) is 0.294. The van der Waals surface area contributed by atoms with Crippen molar-refractivity contribution in [1.82, 2.24) is 9.97 Å². The first-order valence-electron chi connectivity index (χ1n) is 10.5. The molecule has 0 aliphatic heterocycles. The average Bonchev–Trinajstić information content (AvgIpc) is 3.31. The molecule has 0 spiro atoms. The van der Waals surface area contributed by atoms with Crippen LogP contribution in [0.15, 0.2) is 60.8 Å². The first kappa shape index (κ1) is 23.7. The summed E-state index contributed by atoms with van der Waals surface area (Å²) in [4.78, 5) is 33.7. The number of aromatic nitrogens is 2. The molecular formula is C25H23N5O4S. The average molecular weight is 490 g/mol. The summed E-state index contributed by atoms with van der Waals surface area (Å²) >= 11 is 1.34. The second kappa shape index (κ2) is 10.2. The van der Waals surface area contributed by atoms with Gasteiger partial charge in [0.05, 0.1) is 41.4 Å². The van der Waals surface area contributed by atoms with Gasteiger partial charge >= 0.3 is 0 Å². The Labute approximate surface area is 205 Å². The van der Waals surface area contributed by atoms with E-state index in [0.29, 0.717) is 50.2 Å². The van der Waals surface area contributed by atoms with Gasteiger partial charge in [-0.15, -0.1) is 11.3 Å². The highest BCUT2D eigenvalue weighted by Crippen LogP contribution is 2.35. The maximum Gasteiger partial charge on any atom is 0.258 e. The van der Waals surface area contributed by atoms with Crippen LogP contribution in [-0.2, 0) is 4.79 Å². The maximum absolute atomic E-state index is 13.1. The van der Waals surface area contributed by atoms with Gasteiger partial charge in [-0.25, -0.2) is 9.97 Å². The molecule has 0 aliphatic carbocycles. The number of anilines is 4. The molecule has 0 saturated heterocycles. The summed E-state index contributed by atoms with van der Waals surface area (Å²) in [6.07, 6.45) is 2.60. The highest BCUT2D eigenvalue weighted by molar-refractivity contribution is 7.18. The monoisotopic (exact) mass is 489 g/mol. The molecular weight excluding hydrogens is 466 g/mol. The smallest absolute Gasteiger partial charge is 0.258 e. The molecule has 4 aromatic rings. The van der Waals surface area contributed by atoms with Crippen molar-refractivity contribution in [3.63, 3.8) is 0 Å². The number of rotatable bonds is 8. The Kier molecular flexibility index (Phi) is 6.93. The molecule has 3 N–H and O–H groups in total. The lowest BCUT2D eigenvalue weighted by Gasteiger charge is -2.15. The van der Waals surface area contributed by atoms with Crippen LogP contribution in [0.3, 0.4) is 0 Å². The van der Waals surface area contributed by atoms with Crippen molar-refractivity contribution >= 4 is 56.2 Å². The molecule has 2 aromatic carbocycles. The largest absolute Gasteiger partial charge is 0.497 e. The van der Waals surface area contributed by atoms with E-state index in [1.165, 1.54) is 23.7 Å². The normalized spacial score (nSPS) is 10.5. The first-order valence-corrected chi connectivity index (χ1v) is 11.4. The number of fused-ring (bicyclic) bond motifs is 1. The highest BCUT2D eigenvalue weighted by atomic mass is 32.1. The molecule has 35 heavy (non-hydrogen) atoms. The number of para-hydroxylation sites is 1. The molecule has 2 aromatic heterocycles. The minimum atomic E-state index is -0.328. The third-order valence-electron chi connectivity index (χ3n) is 5.17. The van der Waals surface area contributed by atoms with E-state index >= 15 is 0 Å². The van der Waals surface area contributed by atoms with Gasteiger partial charge in [0.25, 0.3) is 5.91 Å². The molecule has 0 fully saturated rings. The highest BCUT2D eigenvalue weighted by Gasteiger charge is 2.18. The number of methoxy groups -OCH3 is 2. The fourth-order valence-electron chi connectivity index (χ4n) is 3.42. The van der Waals surface area contributed by atoms with Gasteiger partial charge in [-0.3, -0.25) is 9.59 Å². The molecule has 0 bridgehead atoms. The summed E-state index contributed by atoms with van der Waals surface area (Å²) in [6, 6.07) is 10.7. The fourth-order valence-corrected chi connectivity index (χ4v) is 4.36. The van der Waals surface area contributed by atoms with Gasteiger partial charge in [0.15, 0.2) is 5.82 Å². The van der Waals surface area contributed by atoms with Crippen molar-refractivity contribution in [2.24, 2.45) is 0 Å². The van der Waals surface area contributed by atoms with Gasteiger partial charge in [-0.1, -0.05) is 18.7 Å². The van der Waals surface area contributed by atoms with Crippen LogP contribution in [0.1, 0.15) is 15.9 Å². The van der Waals surface area contributed by atoms with Crippen molar-refractivity contribution in [1.29, 1.82) is 0 Å². The SMILES string of the molecule is C=CC(=O)Nc1cccc(C)c1Nc1ncnc2c(C(=O)Nc3cc(OC)cc(OC)c3)csc12. The fraction of sp³-hybridized carbons (Fsp3) is 0.120. The van der Waals surface area contributed by atoms with Crippen LogP contribution in [-0.4, -0.2) is 36.0 Å². The predicted molar refractivity (Wildman–Crippen MR) is 138 cm³/mol. The number of carbonyl (C=O) groups is 2. The van der Waals surface area contributed by atoms with E-state index in [1.54, 1.807) is 43.9 Å². The van der Waals surface area contributed by atoms with Gasteiger partial charge in [0, 0.05) is 29.3 Å². The number of thiophene rings is 1. The van der Waals surface area contributed by atoms with Gasteiger partial charge in [0.2, 0.25) is 5.91 Å². The van der Waals surface area contributed by atoms with Crippen LogP contribution in [0.4, 0.5) is 22.9 Å². The maximum atomic E-state index is 13.1. The zero-order valence-electron chi connectivity index (χ0n) is 19.3. The second-order valence-corrected chi connectivity index (χ2v) is 8.30. The summed E-state index contributed by atoms with van der Waals surface area (Å²) < 4.78 is 11.2. The van der Waals surface area contributed by atoms with Crippen molar-refractivity contribution in [2.45, 2.75) is 6.92 Å². The molecule has 2 amide bonds. The summed E-state index contributed by atoms with van der Waals surface area (Å²) in [5.74, 6) is 0.981. The number of hydrogen-bond donors (Lipinski definition) is 3. The van der Waals surface area contributed by atoms with Crippen LogP contribution in [0.25, 0.3) is 10.2 Å². The summed E-state index contributed by atoms with van der Waals surface area (Å²) in [5.41, 5.74) is 3.61. The zero-order chi connectivity index (χ0) is 24.9. The number of hydrogen-bond acceptors (Lipinski definition) is 8. The van der Waals surface area contributed by atoms with Gasteiger partial charge in [0.1, 0.15) is 17.8 Å². The Hall–Kier alpha value is -4.44. The number of ether oxygens (including phenoxy) is 2. The Bertz CT molecular complexity index is 1410. The number of carbonyl (C=O) groups excluding carboxylic acids is 2. The van der Waals surface area contributed by atoms with Crippen molar-refractivity contribution in [3.05, 3.63) is 71.9 Å². The molecule has 0 atom stereocenters. The molecule has 10 heteroatoms. The van der Waals surface area contributed by atoms with Crippen LogP contribution < -0.4 is 25.4 Å². The predicted octanol–water partition coefficient (Wildman–Crippen LogP) is 5.14. The van der Waals surface area contributed by atoms with E-state index in [1.807, 2.05) is 19.1 Å². The van der Waals surface area contributed by atoms with E-state index in [2.05, 4.69) is 32.5 Å². The van der Waals surface area contributed by atoms with Crippen LogP contribution in [0, 0.1) is 6.92 Å².